The van der Waals surface area contributed by atoms with Gasteiger partial charge in [0.25, 0.3) is 5.91 Å². The van der Waals surface area contributed by atoms with Crippen LogP contribution in [0, 0.1) is 0 Å². The molecule has 1 aliphatic heterocycles. The van der Waals surface area contributed by atoms with E-state index in [0.717, 1.165) is 18.7 Å². The average molecular weight is 182 g/mol. The van der Waals surface area contributed by atoms with E-state index >= 15 is 0 Å². The molecule has 1 fully saturated rings. The van der Waals surface area contributed by atoms with E-state index in [0.29, 0.717) is 6.04 Å². The Hall–Kier alpha value is -0.870. The molecule has 0 aliphatic carbocycles. The van der Waals surface area contributed by atoms with E-state index in [1.54, 1.807) is 11.3 Å². The van der Waals surface area contributed by atoms with E-state index < -0.39 is 0 Å². The molecular formula is C8H10N2OS. The van der Waals surface area contributed by atoms with Gasteiger partial charge in [-0.05, 0) is 11.4 Å². The van der Waals surface area contributed by atoms with Gasteiger partial charge in [0, 0.05) is 24.0 Å². The zero-order chi connectivity index (χ0) is 8.39. The lowest BCUT2D eigenvalue weighted by molar-refractivity contribution is 0.0924. The smallest absolute Gasteiger partial charge is 0.252 e. The van der Waals surface area contributed by atoms with E-state index in [4.69, 9.17) is 0 Å². The highest BCUT2D eigenvalue weighted by Crippen LogP contribution is 2.06. The van der Waals surface area contributed by atoms with E-state index in [1.165, 1.54) is 0 Å². The predicted molar refractivity (Wildman–Crippen MR) is 48.4 cm³/mol. The number of nitrogens with one attached hydrogen (secondary N) is 2. The molecule has 2 heterocycles. The minimum absolute atomic E-state index is 0.0442. The van der Waals surface area contributed by atoms with Crippen LogP contribution in [0.5, 0.6) is 0 Å². The maximum absolute atomic E-state index is 11.4. The van der Waals surface area contributed by atoms with Gasteiger partial charge >= 0.3 is 0 Å². The highest BCUT2D eigenvalue weighted by molar-refractivity contribution is 7.08. The molecule has 2 rings (SSSR count). The summed E-state index contributed by atoms with van der Waals surface area (Å²) in [6.45, 7) is 1.80. The number of amides is 1. The van der Waals surface area contributed by atoms with Crippen molar-refractivity contribution in [3.8, 4) is 0 Å². The first-order valence-corrected chi connectivity index (χ1v) is 4.84. The Morgan fingerprint density at radius 2 is 2.50 bits per heavy atom. The van der Waals surface area contributed by atoms with E-state index in [1.807, 2.05) is 16.8 Å². The van der Waals surface area contributed by atoms with Crippen molar-refractivity contribution in [3.63, 3.8) is 0 Å². The molecule has 2 N–H and O–H groups in total. The number of rotatable bonds is 2. The molecule has 1 saturated heterocycles. The topological polar surface area (TPSA) is 41.1 Å². The summed E-state index contributed by atoms with van der Waals surface area (Å²) in [5.74, 6) is 0.0442. The lowest BCUT2D eigenvalue weighted by Crippen LogP contribution is -2.56. The van der Waals surface area contributed by atoms with Crippen molar-refractivity contribution in [3.05, 3.63) is 22.4 Å². The maximum atomic E-state index is 11.4. The van der Waals surface area contributed by atoms with Gasteiger partial charge in [-0.3, -0.25) is 4.79 Å². The first-order valence-electron chi connectivity index (χ1n) is 3.90. The van der Waals surface area contributed by atoms with Gasteiger partial charge in [-0.25, -0.2) is 0 Å². The number of thiophene rings is 1. The molecule has 0 bridgehead atoms. The Morgan fingerprint density at radius 3 is 3.00 bits per heavy atom. The fourth-order valence-corrected chi connectivity index (χ4v) is 1.69. The number of carbonyl (C=O) groups excluding carboxylic acids is 1. The second-order valence-electron chi connectivity index (χ2n) is 2.84. The van der Waals surface area contributed by atoms with Crippen LogP contribution in [0.3, 0.4) is 0 Å². The zero-order valence-electron chi connectivity index (χ0n) is 6.54. The molecule has 1 aliphatic rings. The first-order chi connectivity index (χ1) is 5.86. The fraction of sp³-hybridized carbons (Fsp3) is 0.375. The molecule has 0 unspecified atom stereocenters. The first kappa shape index (κ1) is 7.76. The highest BCUT2D eigenvalue weighted by Gasteiger charge is 2.19. The van der Waals surface area contributed by atoms with Crippen LogP contribution in [0.2, 0.25) is 0 Å². The third-order valence-corrected chi connectivity index (χ3v) is 2.58. The summed E-state index contributed by atoms with van der Waals surface area (Å²) in [5.41, 5.74) is 0.770. The van der Waals surface area contributed by atoms with Gasteiger partial charge in [0.15, 0.2) is 0 Å². The quantitative estimate of drug-likeness (QED) is 0.697. The fourth-order valence-electron chi connectivity index (χ4n) is 1.05. The summed E-state index contributed by atoms with van der Waals surface area (Å²) >= 11 is 1.54. The van der Waals surface area contributed by atoms with Crippen LogP contribution in [0.15, 0.2) is 16.8 Å². The molecule has 0 spiro atoms. The molecule has 1 aromatic rings. The summed E-state index contributed by atoms with van der Waals surface area (Å²) < 4.78 is 0. The van der Waals surface area contributed by atoms with Gasteiger partial charge in [0.2, 0.25) is 0 Å². The van der Waals surface area contributed by atoms with E-state index in [2.05, 4.69) is 10.6 Å². The second-order valence-corrected chi connectivity index (χ2v) is 3.62. The second kappa shape index (κ2) is 3.25. The Balaban J connectivity index is 1.92. The molecule has 1 amide bonds. The summed E-state index contributed by atoms with van der Waals surface area (Å²) in [5, 5.41) is 9.80. The molecule has 0 saturated carbocycles. The lowest BCUT2D eigenvalue weighted by atomic mass is 10.1. The standard InChI is InChI=1S/C8H10N2OS/c11-8(6-1-2-12-5-6)10-7-3-9-4-7/h1-2,5,7,9H,3-4H2,(H,10,11). The molecule has 1 aromatic heterocycles. The Bertz CT molecular complexity index is 267. The molecule has 12 heavy (non-hydrogen) atoms. The summed E-state index contributed by atoms with van der Waals surface area (Å²) in [7, 11) is 0. The van der Waals surface area contributed by atoms with Gasteiger partial charge in [0.05, 0.1) is 6.04 Å². The molecule has 0 radical (unpaired) electrons. The Labute approximate surface area is 74.8 Å². The molecule has 0 aromatic carbocycles. The molecule has 3 nitrogen and oxygen atoms in total. The van der Waals surface area contributed by atoms with Crippen molar-refractivity contribution in [1.29, 1.82) is 0 Å². The number of hydrogen-bond donors (Lipinski definition) is 2. The molecule has 4 heteroatoms. The SMILES string of the molecule is O=C(NC1CNC1)c1ccsc1. The van der Waals surface area contributed by atoms with Gasteiger partial charge in [-0.2, -0.15) is 11.3 Å². The van der Waals surface area contributed by atoms with Crippen LogP contribution in [-0.2, 0) is 0 Å². The monoisotopic (exact) mass is 182 g/mol. The van der Waals surface area contributed by atoms with Gasteiger partial charge < -0.3 is 10.6 Å². The third kappa shape index (κ3) is 1.49. The van der Waals surface area contributed by atoms with Crippen molar-refractivity contribution < 1.29 is 4.79 Å². The summed E-state index contributed by atoms with van der Waals surface area (Å²) in [6.07, 6.45) is 0. The van der Waals surface area contributed by atoms with Crippen molar-refractivity contribution in [2.75, 3.05) is 13.1 Å². The minimum Gasteiger partial charge on any atom is -0.347 e. The van der Waals surface area contributed by atoms with Crippen molar-refractivity contribution in [2.24, 2.45) is 0 Å². The third-order valence-electron chi connectivity index (χ3n) is 1.90. The average Bonchev–Trinajstić information content (AvgIpc) is 2.47. The Kier molecular flexibility index (Phi) is 2.10. The number of hydrogen-bond acceptors (Lipinski definition) is 3. The zero-order valence-corrected chi connectivity index (χ0v) is 7.36. The summed E-state index contributed by atoms with van der Waals surface area (Å²) in [6, 6.07) is 2.17. The molecular weight excluding hydrogens is 172 g/mol. The van der Waals surface area contributed by atoms with Gasteiger partial charge in [0.1, 0.15) is 0 Å². The normalized spacial score (nSPS) is 17.0. The van der Waals surface area contributed by atoms with Crippen LogP contribution in [0.25, 0.3) is 0 Å². The summed E-state index contributed by atoms with van der Waals surface area (Å²) in [4.78, 5) is 11.4. The lowest BCUT2D eigenvalue weighted by Gasteiger charge is -2.27. The number of carbonyl (C=O) groups is 1. The van der Waals surface area contributed by atoms with E-state index in [-0.39, 0.29) is 5.91 Å². The van der Waals surface area contributed by atoms with Crippen molar-refractivity contribution >= 4 is 17.2 Å². The van der Waals surface area contributed by atoms with Gasteiger partial charge in [-0.1, -0.05) is 0 Å². The van der Waals surface area contributed by atoms with Gasteiger partial charge in [-0.15, -0.1) is 0 Å². The molecule has 0 atom stereocenters. The predicted octanol–water partition coefficient (Wildman–Crippen LogP) is 0.450. The van der Waals surface area contributed by atoms with Crippen LogP contribution in [0.4, 0.5) is 0 Å². The largest absolute Gasteiger partial charge is 0.347 e. The minimum atomic E-state index is 0.0442. The highest BCUT2D eigenvalue weighted by atomic mass is 32.1. The Morgan fingerprint density at radius 1 is 1.67 bits per heavy atom. The van der Waals surface area contributed by atoms with E-state index in [9.17, 15) is 4.79 Å². The van der Waals surface area contributed by atoms with Crippen molar-refractivity contribution in [1.82, 2.24) is 10.6 Å². The van der Waals surface area contributed by atoms with Crippen LogP contribution in [-0.4, -0.2) is 25.0 Å². The maximum Gasteiger partial charge on any atom is 0.252 e. The van der Waals surface area contributed by atoms with Crippen molar-refractivity contribution in [2.45, 2.75) is 6.04 Å². The molecule has 64 valence electrons. The van der Waals surface area contributed by atoms with Crippen LogP contribution in [0.1, 0.15) is 10.4 Å². The van der Waals surface area contributed by atoms with Crippen LogP contribution >= 0.6 is 11.3 Å². The van der Waals surface area contributed by atoms with Crippen LogP contribution < -0.4 is 10.6 Å².